The molecule has 140 valence electrons. The second kappa shape index (κ2) is 8.45. The molecule has 1 fully saturated rings. The van der Waals surface area contributed by atoms with E-state index in [1.54, 1.807) is 18.2 Å². The lowest BCUT2D eigenvalue weighted by Gasteiger charge is -2.22. The summed E-state index contributed by atoms with van der Waals surface area (Å²) in [5.74, 6) is 0.00925. The highest BCUT2D eigenvalue weighted by atomic mass is 35.5. The number of halogens is 1. The number of amidine groups is 1. The number of amides is 2. The first-order chi connectivity index (χ1) is 12.9. The highest BCUT2D eigenvalue weighted by Gasteiger charge is 2.30. The standard InChI is InChI=1S/C19H18ClN3O3S/c1-11-3-6-13(7-4-11)21-18(25)16-10-17(24)23-19(27-16)22-14-9-12(20)5-8-15(14)26-2/h3-9,16H,10H2,1-2H3,(H,21,25)(H,22,23,24)/t16-/m1/s1. The van der Waals surface area contributed by atoms with Gasteiger partial charge in [0.25, 0.3) is 0 Å². The fourth-order valence-corrected chi connectivity index (χ4v) is 3.62. The van der Waals surface area contributed by atoms with Crippen molar-refractivity contribution in [1.82, 2.24) is 5.32 Å². The van der Waals surface area contributed by atoms with Gasteiger partial charge >= 0.3 is 0 Å². The topological polar surface area (TPSA) is 79.8 Å². The van der Waals surface area contributed by atoms with Crippen molar-refractivity contribution in [2.45, 2.75) is 18.6 Å². The molecule has 0 aromatic heterocycles. The van der Waals surface area contributed by atoms with Crippen LogP contribution in [-0.2, 0) is 9.59 Å². The lowest BCUT2D eigenvalue weighted by molar-refractivity contribution is -0.123. The average Bonchev–Trinajstić information content (AvgIpc) is 2.63. The number of nitrogens with zero attached hydrogens (tertiary/aromatic N) is 1. The molecule has 2 aromatic carbocycles. The van der Waals surface area contributed by atoms with E-state index >= 15 is 0 Å². The summed E-state index contributed by atoms with van der Waals surface area (Å²) < 4.78 is 5.26. The van der Waals surface area contributed by atoms with Gasteiger partial charge in [0, 0.05) is 17.1 Å². The van der Waals surface area contributed by atoms with Crippen LogP contribution >= 0.6 is 23.4 Å². The first-order valence-corrected chi connectivity index (χ1v) is 9.46. The third kappa shape index (κ3) is 5.02. The molecule has 1 atom stereocenters. The molecule has 2 N–H and O–H groups in total. The van der Waals surface area contributed by atoms with E-state index in [2.05, 4.69) is 15.6 Å². The Hall–Kier alpha value is -2.51. The molecule has 1 heterocycles. The minimum absolute atomic E-state index is 0.0774. The molecule has 0 unspecified atom stereocenters. The van der Waals surface area contributed by atoms with Crippen LogP contribution in [0.5, 0.6) is 5.75 Å². The number of hydrogen-bond acceptors (Lipinski definition) is 5. The zero-order valence-electron chi connectivity index (χ0n) is 14.8. The van der Waals surface area contributed by atoms with Crippen molar-refractivity contribution in [2.75, 3.05) is 12.4 Å². The second-order valence-electron chi connectivity index (χ2n) is 5.95. The SMILES string of the molecule is COc1ccc(Cl)cc1N=C1NC(=O)C[C@H](C(=O)Nc2ccc(C)cc2)S1. The molecule has 1 aliphatic rings. The van der Waals surface area contributed by atoms with Gasteiger partial charge in [0.05, 0.1) is 7.11 Å². The number of thioether (sulfide) groups is 1. The van der Waals surface area contributed by atoms with Gasteiger partial charge < -0.3 is 15.4 Å². The number of aryl methyl sites for hydroxylation is 1. The fourth-order valence-electron chi connectivity index (χ4n) is 2.46. The molecule has 2 amide bonds. The Labute approximate surface area is 166 Å². The van der Waals surface area contributed by atoms with Crippen molar-refractivity contribution >= 4 is 51.7 Å². The molecule has 0 saturated carbocycles. The summed E-state index contributed by atoms with van der Waals surface area (Å²) >= 11 is 7.21. The van der Waals surface area contributed by atoms with Crippen LogP contribution in [0.2, 0.25) is 5.02 Å². The van der Waals surface area contributed by atoms with Gasteiger partial charge in [-0.15, -0.1) is 0 Å². The van der Waals surface area contributed by atoms with E-state index in [9.17, 15) is 9.59 Å². The van der Waals surface area contributed by atoms with Crippen LogP contribution in [-0.4, -0.2) is 29.3 Å². The molecule has 6 nitrogen and oxygen atoms in total. The van der Waals surface area contributed by atoms with Gasteiger partial charge in [-0.2, -0.15) is 0 Å². The van der Waals surface area contributed by atoms with Gasteiger partial charge in [-0.3, -0.25) is 9.59 Å². The van der Waals surface area contributed by atoms with Crippen molar-refractivity contribution in [3.8, 4) is 5.75 Å². The van der Waals surface area contributed by atoms with E-state index in [1.165, 1.54) is 18.9 Å². The normalized spacial score (nSPS) is 18.1. The Bertz CT molecular complexity index is 900. The highest BCUT2D eigenvalue weighted by Crippen LogP contribution is 2.32. The Morgan fingerprint density at radius 3 is 2.74 bits per heavy atom. The first kappa shape index (κ1) is 19.3. The van der Waals surface area contributed by atoms with Crippen LogP contribution in [0, 0.1) is 6.92 Å². The quantitative estimate of drug-likeness (QED) is 0.811. The highest BCUT2D eigenvalue weighted by molar-refractivity contribution is 8.15. The molecule has 0 spiro atoms. The van der Waals surface area contributed by atoms with E-state index < -0.39 is 5.25 Å². The van der Waals surface area contributed by atoms with Crippen molar-refractivity contribution in [1.29, 1.82) is 0 Å². The number of benzene rings is 2. The second-order valence-corrected chi connectivity index (χ2v) is 7.58. The van der Waals surface area contributed by atoms with E-state index in [0.29, 0.717) is 27.3 Å². The number of methoxy groups -OCH3 is 1. The number of carbonyl (C=O) groups excluding carboxylic acids is 2. The number of aliphatic imine (C=N–C) groups is 1. The van der Waals surface area contributed by atoms with E-state index in [0.717, 1.165) is 5.56 Å². The summed E-state index contributed by atoms with van der Waals surface area (Å²) in [6.45, 7) is 1.97. The summed E-state index contributed by atoms with van der Waals surface area (Å²) in [6.07, 6.45) is 0.0774. The van der Waals surface area contributed by atoms with Crippen LogP contribution < -0.4 is 15.4 Å². The van der Waals surface area contributed by atoms with Gasteiger partial charge in [0.15, 0.2) is 5.17 Å². The Kier molecular flexibility index (Phi) is 6.03. The van der Waals surface area contributed by atoms with Crippen LogP contribution in [0.4, 0.5) is 11.4 Å². The molecular formula is C19H18ClN3O3S. The molecule has 1 aliphatic heterocycles. The lowest BCUT2D eigenvalue weighted by Crippen LogP contribution is -2.41. The zero-order chi connectivity index (χ0) is 19.4. The molecule has 2 aromatic rings. The predicted octanol–water partition coefficient (Wildman–Crippen LogP) is 3.90. The minimum Gasteiger partial charge on any atom is -0.494 e. The molecule has 0 bridgehead atoms. The minimum atomic E-state index is -0.580. The summed E-state index contributed by atoms with van der Waals surface area (Å²) in [7, 11) is 1.53. The maximum atomic E-state index is 12.6. The van der Waals surface area contributed by atoms with Gasteiger partial charge in [0.2, 0.25) is 11.8 Å². The Morgan fingerprint density at radius 1 is 1.30 bits per heavy atom. The van der Waals surface area contributed by atoms with Gasteiger partial charge in [0.1, 0.15) is 16.7 Å². The van der Waals surface area contributed by atoms with Crippen LogP contribution in [0.25, 0.3) is 0 Å². The van der Waals surface area contributed by atoms with Crippen molar-refractivity contribution in [3.63, 3.8) is 0 Å². The van der Waals surface area contributed by atoms with E-state index in [4.69, 9.17) is 16.3 Å². The number of ether oxygens (including phenoxy) is 1. The third-order valence-corrected chi connectivity index (χ3v) is 5.16. The summed E-state index contributed by atoms with van der Waals surface area (Å²) in [5.41, 5.74) is 2.27. The van der Waals surface area contributed by atoms with Crippen molar-refractivity contribution in [2.24, 2.45) is 4.99 Å². The van der Waals surface area contributed by atoms with E-state index in [-0.39, 0.29) is 18.2 Å². The number of hydrogen-bond donors (Lipinski definition) is 2. The van der Waals surface area contributed by atoms with Crippen LogP contribution in [0.1, 0.15) is 12.0 Å². The van der Waals surface area contributed by atoms with Gasteiger partial charge in [-0.25, -0.2) is 4.99 Å². The average molecular weight is 404 g/mol. The summed E-state index contributed by atoms with van der Waals surface area (Å²) in [6, 6.07) is 12.5. The van der Waals surface area contributed by atoms with Crippen LogP contribution in [0.15, 0.2) is 47.5 Å². The fraction of sp³-hybridized carbons (Fsp3) is 0.211. The van der Waals surface area contributed by atoms with E-state index in [1.807, 2.05) is 31.2 Å². The summed E-state index contributed by atoms with van der Waals surface area (Å²) in [5, 5.41) is 5.77. The smallest absolute Gasteiger partial charge is 0.238 e. The number of anilines is 1. The molecule has 0 aliphatic carbocycles. The van der Waals surface area contributed by atoms with Gasteiger partial charge in [-0.05, 0) is 37.3 Å². The van der Waals surface area contributed by atoms with Crippen LogP contribution in [0.3, 0.4) is 0 Å². The number of rotatable bonds is 4. The molecule has 0 radical (unpaired) electrons. The first-order valence-electron chi connectivity index (χ1n) is 8.21. The van der Waals surface area contributed by atoms with Crippen molar-refractivity contribution in [3.05, 3.63) is 53.1 Å². The maximum absolute atomic E-state index is 12.6. The van der Waals surface area contributed by atoms with Gasteiger partial charge in [-0.1, -0.05) is 41.1 Å². The molecule has 1 saturated heterocycles. The number of nitrogens with one attached hydrogen (secondary N) is 2. The Morgan fingerprint density at radius 2 is 2.04 bits per heavy atom. The Balaban J connectivity index is 1.77. The molecule has 8 heteroatoms. The molecule has 3 rings (SSSR count). The van der Waals surface area contributed by atoms with Crippen molar-refractivity contribution < 1.29 is 14.3 Å². The maximum Gasteiger partial charge on any atom is 0.238 e. The number of carbonyl (C=O) groups is 2. The third-order valence-electron chi connectivity index (χ3n) is 3.85. The largest absolute Gasteiger partial charge is 0.494 e. The zero-order valence-corrected chi connectivity index (χ0v) is 16.4. The molecular weight excluding hydrogens is 386 g/mol. The monoisotopic (exact) mass is 403 g/mol. The lowest BCUT2D eigenvalue weighted by atomic mass is 10.2. The summed E-state index contributed by atoms with van der Waals surface area (Å²) in [4.78, 5) is 29.0. The molecule has 27 heavy (non-hydrogen) atoms. The predicted molar refractivity (Wildman–Crippen MR) is 109 cm³/mol.